The van der Waals surface area contributed by atoms with Crippen molar-refractivity contribution in [3.8, 4) is 0 Å². The van der Waals surface area contributed by atoms with Crippen molar-refractivity contribution in [3.05, 3.63) is 12.7 Å². The van der Waals surface area contributed by atoms with Crippen LogP contribution in [-0.2, 0) is 20.8 Å². The lowest BCUT2D eigenvalue weighted by Gasteiger charge is -2.32. The van der Waals surface area contributed by atoms with E-state index in [1.807, 2.05) is 0 Å². The van der Waals surface area contributed by atoms with E-state index in [1.54, 1.807) is 11.0 Å². The van der Waals surface area contributed by atoms with Gasteiger partial charge in [-0.3, -0.25) is 9.48 Å². The number of amides is 1. The molecule has 0 radical (unpaired) electrons. The molecule has 0 bridgehead atoms. The highest BCUT2D eigenvalue weighted by molar-refractivity contribution is 5.76. The van der Waals surface area contributed by atoms with Gasteiger partial charge in [-0.25, -0.2) is 4.98 Å². The number of carbonyl (C=O) groups excluding carboxylic acids is 1. The van der Waals surface area contributed by atoms with Crippen LogP contribution in [0, 0.1) is 5.92 Å². The topological polar surface area (TPSA) is 78.3 Å². The predicted molar refractivity (Wildman–Crippen MR) is 79.1 cm³/mol. The Morgan fingerprint density at radius 2 is 2.32 bits per heavy atom. The van der Waals surface area contributed by atoms with Crippen molar-refractivity contribution in [2.24, 2.45) is 5.92 Å². The second-order valence-corrected chi connectivity index (χ2v) is 6.11. The molecular weight excluding hydrogens is 284 g/mol. The minimum atomic E-state index is -0.0219. The summed E-state index contributed by atoms with van der Waals surface area (Å²) >= 11 is 0. The van der Waals surface area contributed by atoms with E-state index in [1.165, 1.54) is 19.2 Å². The Morgan fingerprint density at radius 3 is 3.09 bits per heavy atom. The molecule has 7 nitrogen and oxygen atoms in total. The minimum Gasteiger partial charge on any atom is -0.379 e. The first-order chi connectivity index (χ1) is 10.8. The number of hydrogen-bond donors (Lipinski definition) is 1. The van der Waals surface area contributed by atoms with E-state index in [9.17, 15) is 4.79 Å². The van der Waals surface area contributed by atoms with Crippen LogP contribution in [0.2, 0.25) is 0 Å². The highest BCUT2D eigenvalue weighted by Crippen LogP contribution is 2.30. The Labute approximate surface area is 130 Å². The molecule has 122 valence electrons. The van der Waals surface area contributed by atoms with Crippen molar-refractivity contribution in [2.45, 2.75) is 50.8 Å². The van der Waals surface area contributed by atoms with E-state index in [0.717, 1.165) is 25.4 Å². The maximum absolute atomic E-state index is 12.1. The van der Waals surface area contributed by atoms with E-state index in [4.69, 9.17) is 9.47 Å². The van der Waals surface area contributed by atoms with Gasteiger partial charge in [0.05, 0.1) is 18.8 Å². The minimum absolute atomic E-state index is 0.0219. The Balaban J connectivity index is 1.37. The van der Waals surface area contributed by atoms with E-state index >= 15 is 0 Å². The van der Waals surface area contributed by atoms with E-state index < -0.39 is 0 Å². The molecule has 0 unspecified atom stereocenters. The second-order valence-electron chi connectivity index (χ2n) is 6.11. The van der Waals surface area contributed by atoms with Crippen LogP contribution in [-0.4, -0.2) is 52.6 Å². The Morgan fingerprint density at radius 1 is 1.41 bits per heavy atom. The standard InChI is InChI=1S/C15H24N4O3/c20-15(2-1-6-19-11-16-10-17-19)18-13-9-21-7-5-14(13)22-8-12-3-4-12/h10-14H,1-9H2,(H,18,20)/t13-,14+/m1/s1. The number of hydrogen-bond acceptors (Lipinski definition) is 5. The average Bonchev–Trinajstić information content (AvgIpc) is 3.21. The Bertz CT molecular complexity index is 461. The molecular formula is C15H24N4O3. The van der Waals surface area contributed by atoms with Crippen LogP contribution >= 0.6 is 0 Å². The van der Waals surface area contributed by atoms with Gasteiger partial charge in [-0.05, 0) is 31.6 Å². The molecule has 7 heteroatoms. The molecule has 0 aromatic carbocycles. The third-order valence-electron chi connectivity index (χ3n) is 4.14. The summed E-state index contributed by atoms with van der Waals surface area (Å²) in [6.45, 7) is 2.79. The fourth-order valence-corrected chi connectivity index (χ4v) is 2.63. The van der Waals surface area contributed by atoms with Crippen molar-refractivity contribution < 1.29 is 14.3 Å². The molecule has 1 aromatic heterocycles. The molecule has 1 aliphatic heterocycles. The van der Waals surface area contributed by atoms with Gasteiger partial charge < -0.3 is 14.8 Å². The van der Waals surface area contributed by atoms with Crippen LogP contribution in [0.5, 0.6) is 0 Å². The van der Waals surface area contributed by atoms with E-state index in [-0.39, 0.29) is 18.1 Å². The van der Waals surface area contributed by atoms with Crippen LogP contribution in [0.1, 0.15) is 32.1 Å². The normalized spacial score (nSPS) is 25.1. The van der Waals surface area contributed by atoms with Crippen LogP contribution in [0.15, 0.2) is 12.7 Å². The third-order valence-corrected chi connectivity index (χ3v) is 4.14. The van der Waals surface area contributed by atoms with Gasteiger partial charge in [0.15, 0.2) is 0 Å². The summed E-state index contributed by atoms with van der Waals surface area (Å²) in [4.78, 5) is 15.9. The molecule has 3 rings (SSSR count). The number of nitrogens with one attached hydrogen (secondary N) is 1. The van der Waals surface area contributed by atoms with Gasteiger partial charge >= 0.3 is 0 Å². The molecule has 2 heterocycles. The van der Waals surface area contributed by atoms with Crippen LogP contribution in [0.25, 0.3) is 0 Å². The summed E-state index contributed by atoms with van der Waals surface area (Å²) < 4.78 is 13.2. The summed E-state index contributed by atoms with van der Waals surface area (Å²) in [7, 11) is 0. The molecule has 1 saturated carbocycles. The van der Waals surface area contributed by atoms with Gasteiger partial charge in [-0.2, -0.15) is 5.10 Å². The lowest BCUT2D eigenvalue weighted by atomic mass is 10.1. The summed E-state index contributed by atoms with van der Waals surface area (Å²) in [5.41, 5.74) is 0. The Kier molecular flexibility index (Phi) is 5.39. The third kappa shape index (κ3) is 4.78. The first-order valence-electron chi connectivity index (χ1n) is 8.12. The summed E-state index contributed by atoms with van der Waals surface area (Å²) in [5.74, 6) is 0.789. The first-order valence-corrected chi connectivity index (χ1v) is 8.12. The SMILES string of the molecule is O=C(CCCn1cncn1)N[C@@H]1COCC[C@@H]1OCC1CC1. The quantitative estimate of drug-likeness (QED) is 0.767. The molecule has 2 aliphatic rings. The van der Waals surface area contributed by atoms with Crippen molar-refractivity contribution in [2.75, 3.05) is 19.8 Å². The molecule has 1 aliphatic carbocycles. The zero-order valence-electron chi connectivity index (χ0n) is 12.8. The van der Waals surface area contributed by atoms with Gasteiger partial charge in [0.2, 0.25) is 5.91 Å². The summed E-state index contributed by atoms with van der Waals surface area (Å²) in [6.07, 6.45) is 7.90. The highest BCUT2D eigenvalue weighted by atomic mass is 16.5. The number of carbonyl (C=O) groups is 1. The molecule has 0 spiro atoms. The monoisotopic (exact) mass is 308 g/mol. The van der Waals surface area contributed by atoms with Gasteiger partial charge in [-0.1, -0.05) is 0 Å². The molecule has 2 fully saturated rings. The number of aryl methyl sites for hydroxylation is 1. The highest BCUT2D eigenvalue weighted by Gasteiger charge is 2.30. The smallest absolute Gasteiger partial charge is 0.220 e. The molecule has 1 amide bonds. The van der Waals surface area contributed by atoms with E-state index in [0.29, 0.717) is 26.2 Å². The van der Waals surface area contributed by atoms with Crippen LogP contribution in [0.3, 0.4) is 0 Å². The lowest BCUT2D eigenvalue weighted by Crippen LogP contribution is -2.50. The fraction of sp³-hybridized carbons (Fsp3) is 0.800. The number of ether oxygens (including phenoxy) is 2. The molecule has 22 heavy (non-hydrogen) atoms. The zero-order chi connectivity index (χ0) is 15.2. The number of rotatable bonds is 8. The number of nitrogens with zero attached hydrogens (tertiary/aromatic N) is 3. The van der Waals surface area contributed by atoms with E-state index in [2.05, 4.69) is 15.4 Å². The van der Waals surface area contributed by atoms with Crippen LogP contribution < -0.4 is 5.32 Å². The average molecular weight is 308 g/mol. The maximum atomic E-state index is 12.1. The molecule has 1 aromatic rings. The van der Waals surface area contributed by atoms with Gasteiger partial charge in [-0.15, -0.1) is 0 Å². The van der Waals surface area contributed by atoms with Crippen molar-refractivity contribution in [1.82, 2.24) is 20.1 Å². The van der Waals surface area contributed by atoms with Crippen molar-refractivity contribution in [3.63, 3.8) is 0 Å². The molecule has 1 N–H and O–H groups in total. The fourth-order valence-electron chi connectivity index (χ4n) is 2.63. The Hall–Kier alpha value is -1.47. The maximum Gasteiger partial charge on any atom is 0.220 e. The summed E-state index contributed by atoms with van der Waals surface area (Å²) in [5, 5.41) is 7.08. The lowest BCUT2D eigenvalue weighted by molar-refractivity contribution is -0.126. The molecule has 2 atom stereocenters. The van der Waals surface area contributed by atoms with Gasteiger partial charge in [0.25, 0.3) is 0 Å². The first kappa shape index (κ1) is 15.4. The second kappa shape index (κ2) is 7.69. The molecule has 1 saturated heterocycles. The van der Waals surface area contributed by atoms with Gasteiger partial charge in [0.1, 0.15) is 12.7 Å². The predicted octanol–water partition coefficient (Wildman–Crippen LogP) is 0.759. The largest absolute Gasteiger partial charge is 0.379 e. The van der Waals surface area contributed by atoms with Gasteiger partial charge in [0, 0.05) is 26.2 Å². The zero-order valence-corrected chi connectivity index (χ0v) is 12.8. The van der Waals surface area contributed by atoms with Crippen LogP contribution in [0.4, 0.5) is 0 Å². The van der Waals surface area contributed by atoms with Crippen molar-refractivity contribution in [1.29, 1.82) is 0 Å². The van der Waals surface area contributed by atoms with Crippen molar-refractivity contribution >= 4 is 5.91 Å². The summed E-state index contributed by atoms with van der Waals surface area (Å²) in [6, 6.07) is -0.0219. The number of aromatic nitrogens is 3.